The minimum atomic E-state index is -2.96. The van der Waals surface area contributed by atoms with Crippen LogP contribution in [0.3, 0.4) is 0 Å². The summed E-state index contributed by atoms with van der Waals surface area (Å²) in [6, 6.07) is 7.18. The van der Waals surface area contributed by atoms with Crippen LogP contribution in [0.4, 0.5) is 5.00 Å². The van der Waals surface area contributed by atoms with Crippen LogP contribution in [0, 0.1) is 13.8 Å². The van der Waals surface area contributed by atoms with Gasteiger partial charge in [-0.25, -0.2) is 8.42 Å². The Hall–Kier alpha value is -1.90. The molecule has 1 fully saturated rings. The lowest BCUT2D eigenvalue weighted by atomic mass is 10.1. The molecule has 1 aromatic heterocycles. The van der Waals surface area contributed by atoms with E-state index in [2.05, 4.69) is 13.8 Å². The minimum absolute atomic E-state index is 0.0453. The first-order valence-electron chi connectivity index (χ1n) is 9.39. The maximum atomic E-state index is 13.3. The van der Waals surface area contributed by atoms with Gasteiger partial charge < -0.3 is 9.64 Å². The van der Waals surface area contributed by atoms with Gasteiger partial charge in [0.1, 0.15) is 29.1 Å². The Morgan fingerprint density at radius 3 is 2.57 bits per heavy atom. The summed E-state index contributed by atoms with van der Waals surface area (Å²) in [4.78, 5) is 17.5. The van der Waals surface area contributed by atoms with E-state index in [1.807, 2.05) is 4.90 Å². The van der Waals surface area contributed by atoms with Crippen LogP contribution in [-0.4, -0.2) is 45.7 Å². The monoisotopic (exact) mass is 421 g/mol. The van der Waals surface area contributed by atoms with Gasteiger partial charge in [0.2, 0.25) is 0 Å². The van der Waals surface area contributed by atoms with Crippen molar-refractivity contribution in [2.24, 2.45) is 0 Å². The Balaban J connectivity index is 1.68. The van der Waals surface area contributed by atoms with Crippen LogP contribution in [0.1, 0.15) is 32.8 Å². The van der Waals surface area contributed by atoms with Gasteiger partial charge in [-0.3, -0.25) is 9.69 Å². The Morgan fingerprint density at radius 2 is 1.96 bits per heavy atom. The van der Waals surface area contributed by atoms with Gasteiger partial charge in [-0.1, -0.05) is 0 Å². The molecule has 2 aromatic rings. The number of aryl methyl sites for hydroxylation is 1. The van der Waals surface area contributed by atoms with Crippen molar-refractivity contribution in [3.8, 4) is 5.75 Å². The van der Waals surface area contributed by atoms with Crippen molar-refractivity contribution in [3.05, 3.63) is 45.8 Å². The van der Waals surface area contributed by atoms with E-state index in [0.29, 0.717) is 24.4 Å². The summed E-state index contributed by atoms with van der Waals surface area (Å²) < 4.78 is 29.2. The molecule has 2 aliphatic rings. The molecule has 0 radical (unpaired) electrons. The first-order chi connectivity index (χ1) is 13.3. The number of carbonyl (C=O) groups excluding carboxylic acids is 1. The lowest BCUT2D eigenvalue weighted by Gasteiger charge is -2.35. The van der Waals surface area contributed by atoms with Crippen molar-refractivity contribution in [2.75, 3.05) is 30.2 Å². The molecule has 8 heteroatoms. The number of benzene rings is 1. The second kappa shape index (κ2) is 7.17. The number of fused-ring (bicyclic) bond motifs is 1. The molecule has 1 aromatic carbocycles. The van der Waals surface area contributed by atoms with Crippen molar-refractivity contribution >= 4 is 32.1 Å². The summed E-state index contributed by atoms with van der Waals surface area (Å²) in [5.41, 5.74) is 3.00. The molecule has 6 nitrogen and oxygen atoms in total. The van der Waals surface area contributed by atoms with Gasteiger partial charge in [0.25, 0.3) is 5.91 Å². The average molecular weight is 422 g/mol. The molecule has 150 valence electrons. The minimum Gasteiger partial charge on any atom is -0.497 e. The predicted molar refractivity (Wildman–Crippen MR) is 110 cm³/mol. The van der Waals surface area contributed by atoms with Gasteiger partial charge in [-0.05, 0) is 43.7 Å². The molecular weight excluding hydrogens is 396 g/mol. The van der Waals surface area contributed by atoms with E-state index in [1.54, 1.807) is 42.7 Å². The fourth-order valence-electron chi connectivity index (χ4n) is 4.08. The molecule has 2 unspecified atom stereocenters. The van der Waals surface area contributed by atoms with Crippen molar-refractivity contribution < 1.29 is 22.8 Å². The Kier molecular flexibility index (Phi) is 4.97. The summed E-state index contributed by atoms with van der Waals surface area (Å²) in [5, 5.41) is 1.00. The fraction of sp³-hybridized carbons (Fsp3) is 0.450. The number of thiophene rings is 1. The first kappa shape index (κ1) is 19.4. The van der Waals surface area contributed by atoms with Gasteiger partial charge in [0.05, 0.1) is 12.9 Å². The van der Waals surface area contributed by atoms with E-state index in [0.717, 1.165) is 16.4 Å². The summed E-state index contributed by atoms with van der Waals surface area (Å²) in [5.74, 6) is 1.12. The third-order valence-corrected chi connectivity index (χ3v) is 8.93. The van der Waals surface area contributed by atoms with Crippen molar-refractivity contribution in [3.63, 3.8) is 0 Å². The van der Waals surface area contributed by atoms with Crippen LogP contribution < -0.4 is 14.5 Å². The maximum absolute atomic E-state index is 13.3. The van der Waals surface area contributed by atoms with Crippen LogP contribution in [-0.2, 0) is 16.4 Å². The number of hydrogen-bond donors (Lipinski definition) is 1. The van der Waals surface area contributed by atoms with Gasteiger partial charge in [-0.15, -0.1) is 11.3 Å². The molecule has 0 saturated carbocycles. The number of nitrogens with one attached hydrogen (secondary N) is 1. The molecule has 1 saturated heterocycles. The molecule has 1 amide bonds. The lowest BCUT2D eigenvalue weighted by Crippen LogP contribution is -3.17. The summed E-state index contributed by atoms with van der Waals surface area (Å²) >= 11 is 1.65. The number of rotatable bonds is 3. The van der Waals surface area contributed by atoms with Crippen LogP contribution in [0.25, 0.3) is 0 Å². The zero-order valence-electron chi connectivity index (χ0n) is 16.3. The molecule has 3 heterocycles. The Labute approximate surface area is 169 Å². The standard InChI is InChI=1S/C20H24N2O4S2/c1-13-14(2)27-20-18(13)10-21(16-8-9-28(24,25)11-16)12-22(20)19(23)15-4-6-17(26-3)7-5-15/h4-7,16H,8-12H2,1-3H3/p+1. The van der Waals surface area contributed by atoms with Gasteiger partial charge in [-0.2, -0.15) is 0 Å². The number of nitrogens with zero attached hydrogens (tertiary/aromatic N) is 1. The zero-order chi connectivity index (χ0) is 20.1. The summed E-state index contributed by atoms with van der Waals surface area (Å²) in [7, 11) is -1.36. The summed E-state index contributed by atoms with van der Waals surface area (Å²) in [6.45, 7) is 5.44. The van der Waals surface area contributed by atoms with Gasteiger partial charge >= 0.3 is 0 Å². The van der Waals surface area contributed by atoms with Crippen LogP contribution in [0.5, 0.6) is 5.75 Å². The molecule has 1 N–H and O–H groups in total. The third-order valence-electron chi connectivity index (χ3n) is 5.89. The topological polar surface area (TPSA) is 68.1 Å². The van der Waals surface area contributed by atoms with Crippen molar-refractivity contribution in [2.45, 2.75) is 32.9 Å². The van der Waals surface area contributed by atoms with Gasteiger partial charge in [0, 0.05) is 22.4 Å². The van der Waals surface area contributed by atoms with E-state index in [1.165, 1.54) is 16.0 Å². The van der Waals surface area contributed by atoms with Crippen molar-refractivity contribution in [1.29, 1.82) is 0 Å². The van der Waals surface area contributed by atoms with E-state index >= 15 is 0 Å². The number of quaternary nitrogens is 1. The number of ether oxygens (including phenoxy) is 1. The highest BCUT2D eigenvalue weighted by Crippen LogP contribution is 2.37. The Morgan fingerprint density at radius 1 is 1.25 bits per heavy atom. The second-order valence-electron chi connectivity index (χ2n) is 7.62. The number of sulfone groups is 1. The molecule has 4 rings (SSSR count). The molecular formula is C20H25N2O4S2+. The number of methoxy groups -OCH3 is 1. The Bertz CT molecular complexity index is 1010. The molecule has 0 spiro atoms. The SMILES string of the molecule is COc1ccc(C(=O)N2C[NH+](C3CCS(=O)(=O)C3)Cc3c2sc(C)c3C)cc1. The highest BCUT2D eigenvalue weighted by Gasteiger charge is 2.41. The van der Waals surface area contributed by atoms with E-state index < -0.39 is 9.84 Å². The largest absolute Gasteiger partial charge is 0.497 e. The number of carbonyl (C=O) groups is 1. The molecule has 0 aliphatic carbocycles. The smallest absolute Gasteiger partial charge is 0.263 e. The highest BCUT2D eigenvalue weighted by molar-refractivity contribution is 7.91. The van der Waals surface area contributed by atoms with Crippen LogP contribution in [0.2, 0.25) is 0 Å². The van der Waals surface area contributed by atoms with Gasteiger partial charge in [0.15, 0.2) is 16.5 Å². The van der Waals surface area contributed by atoms with Crippen LogP contribution in [0.15, 0.2) is 24.3 Å². The predicted octanol–water partition coefficient (Wildman–Crippen LogP) is 1.56. The average Bonchev–Trinajstić information content (AvgIpc) is 3.19. The molecule has 2 atom stereocenters. The number of anilines is 1. The normalized spacial score (nSPS) is 23.5. The van der Waals surface area contributed by atoms with E-state index in [4.69, 9.17) is 4.74 Å². The highest BCUT2D eigenvalue weighted by atomic mass is 32.2. The van der Waals surface area contributed by atoms with E-state index in [-0.39, 0.29) is 23.5 Å². The van der Waals surface area contributed by atoms with Crippen LogP contribution >= 0.6 is 11.3 Å². The van der Waals surface area contributed by atoms with E-state index in [9.17, 15) is 13.2 Å². The molecule has 2 aliphatic heterocycles. The number of amides is 1. The quantitative estimate of drug-likeness (QED) is 0.817. The first-order valence-corrected chi connectivity index (χ1v) is 12.0. The third kappa shape index (κ3) is 3.44. The molecule has 28 heavy (non-hydrogen) atoms. The zero-order valence-corrected chi connectivity index (χ0v) is 18.0. The lowest BCUT2D eigenvalue weighted by molar-refractivity contribution is -0.936. The molecule has 0 bridgehead atoms. The number of hydrogen-bond acceptors (Lipinski definition) is 5. The second-order valence-corrected chi connectivity index (χ2v) is 11.1. The fourth-order valence-corrected chi connectivity index (χ4v) is 7.08. The van der Waals surface area contributed by atoms with Crippen molar-refractivity contribution in [1.82, 2.24) is 0 Å². The maximum Gasteiger partial charge on any atom is 0.263 e. The summed E-state index contributed by atoms with van der Waals surface area (Å²) in [6.07, 6.45) is 0.666.